The van der Waals surface area contributed by atoms with Crippen LogP contribution in [0.15, 0.2) is 0 Å². The summed E-state index contributed by atoms with van der Waals surface area (Å²) in [5.74, 6) is 0.323. The van der Waals surface area contributed by atoms with Crippen molar-refractivity contribution in [1.82, 2.24) is 0 Å². The van der Waals surface area contributed by atoms with E-state index in [-0.39, 0.29) is 17.1 Å². The predicted octanol–water partition coefficient (Wildman–Crippen LogP) is 1.01. The Morgan fingerprint density at radius 2 is 1.91 bits per heavy atom. The summed E-state index contributed by atoms with van der Waals surface area (Å²) in [5.41, 5.74) is 0.0313. The second-order valence-corrected chi connectivity index (χ2v) is 5.76. The fourth-order valence-corrected chi connectivity index (χ4v) is 2.59. The van der Waals surface area contributed by atoms with E-state index in [1.165, 1.54) is 0 Å². The molecule has 4 heteroatoms. The molecule has 0 bridgehead atoms. The first-order valence-corrected chi connectivity index (χ1v) is 5.26. The monoisotopic (exact) mass is 178 g/mol. The molecule has 0 saturated carbocycles. The van der Waals surface area contributed by atoms with Gasteiger partial charge >= 0.3 is 0 Å². The van der Waals surface area contributed by atoms with Crippen LogP contribution in [0.5, 0.6) is 0 Å². The largest absolute Gasteiger partial charge is 0.270 e. The van der Waals surface area contributed by atoms with Crippen molar-refractivity contribution in [3.05, 3.63) is 0 Å². The molecule has 0 N–H and O–H groups in total. The molecule has 0 amide bonds. The lowest BCUT2D eigenvalue weighted by molar-refractivity contribution is 0.203. The molecule has 1 aliphatic heterocycles. The van der Waals surface area contributed by atoms with Crippen LogP contribution >= 0.6 is 0 Å². The zero-order chi connectivity index (χ0) is 8.70. The average molecular weight is 178 g/mol. The maximum absolute atomic E-state index is 10.9. The van der Waals surface area contributed by atoms with Crippen molar-refractivity contribution < 1.29 is 12.6 Å². The molecule has 1 heterocycles. The lowest BCUT2D eigenvalue weighted by atomic mass is 9.83. The zero-order valence-electron chi connectivity index (χ0n) is 7.12. The van der Waals surface area contributed by atoms with Crippen LogP contribution in [-0.4, -0.2) is 20.8 Å². The molecule has 11 heavy (non-hydrogen) atoms. The third-order valence-corrected chi connectivity index (χ3v) is 3.38. The second-order valence-electron chi connectivity index (χ2n) is 4.07. The van der Waals surface area contributed by atoms with Crippen molar-refractivity contribution in [3.63, 3.8) is 0 Å². The minimum atomic E-state index is -3.18. The van der Waals surface area contributed by atoms with Crippen LogP contribution in [0.3, 0.4) is 0 Å². The van der Waals surface area contributed by atoms with E-state index in [2.05, 4.69) is 4.18 Å². The van der Waals surface area contributed by atoms with Crippen molar-refractivity contribution >= 4 is 10.1 Å². The summed E-state index contributed by atoms with van der Waals surface area (Å²) >= 11 is 0. The molecule has 1 atom stereocenters. The van der Waals surface area contributed by atoms with E-state index in [1.54, 1.807) is 0 Å². The van der Waals surface area contributed by atoms with Gasteiger partial charge in [0.15, 0.2) is 0 Å². The summed E-state index contributed by atoms with van der Waals surface area (Å²) in [7, 11) is -3.18. The Morgan fingerprint density at radius 3 is 2.09 bits per heavy atom. The van der Waals surface area contributed by atoms with E-state index in [4.69, 9.17) is 0 Å². The van der Waals surface area contributed by atoms with Crippen molar-refractivity contribution in [1.29, 1.82) is 0 Å². The minimum Gasteiger partial charge on any atom is -0.270 e. The van der Waals surface area contributed by atoms with Crippen molar-refractivity contribution in [2.75, 3.05) is 12.4 Å². The van der Waals surface area contributed by atoms with Gasteiger partial charge in [-0.2, -0.15) is 8.42 Å². The van der Waals surface area contributed by atoms with Crippen LogP contribution in [0.2, 0.25) is 0 Å². The third-order valence-electron chi connectivity index (χ3n) is 2.08. The summed E-state index contributed by atoms with van der Waals surface area (Å²) in [6.45, 7) is 6.44. The molecule has 0 aromatic heterocycles. The Labute approximate surface area is 67.9 Å². The number of hydrogen-bond donors (Lipinski definition) is 0. The van der Waals surface area contributed by atoms with E-state index < -0.39 is 10.1 Å². The predicted molar refractivity (Wildman–Crippen MR) is 42.7 cm³/mol. The molecule has 1 saturated heterocycles. The highest BCUT2D eigenvalue weighted by Crippen LogP contribution is 2.31. The van der Waals surface area contributed by atoms with Gasteiger partial charge in [0.25, 0.3) is 10.1 Å². The SMILES string of the molecule is CC(C)(C)[C@@H]1COS(=O)(=O)C1. The average Bonchev–Trinajstić information content (AvgIpc) is 2.07. The second kappa shape index (κ2) is 2.45. The molecule has 0 aliphatic carbocycles. The van der Waals surface area contributed by atoms with Gasteiger partial charge in [-0.25, -0.2) is 0 Å². The molecular formula is C7H14O3S. The lowest BCUT2D eigenvalue weighted by Gasteiger charge is -2.23. The van der Waals surface area contributed by atoms with Crippen LogP contribution in [-0.2, 0) is 14.3 Å². The highest BCUT2D eigenvalue weighted by atomic mass is 32.2. The first-order chi connectivity index (χ1) is 4.81. The lowest BCUT2D eigenvalue weighted by Crippen LogP contribution is -2.23. The van der Waals surface area contributed by atoms with E-state index >= 15 is 0 Å². The Bertz CT molecular complexity index is 235. The third kappa shape index (κ3) is 2.17. The normalized spacial score (nSPS) is 30.6. The van der Waals surface area contributed by atoms with E-state index in [9.17, 15) is 8.42 Å². The maximum atomic E-state index is 10.9. The van der Waals surface area contributed by atoms with Crippen molar-refractivity contribution in [2.24, 2.45) is 11.3 Å². The van der Waals surface area contributed by atoms with Gasteiger partial charge in [0, 0.05) is 5.92 Å². The summed E-state index contributed by atoms with van der Waals surface area (Å²) in [6, 6.07) is 0. The summed E-state index contributed by atoms with van der Waals surface area (Å²) in [5, 5.41) is 0. The van der Waals surface area contributed by atoms with Crippen LogP contribution in [0.1, 0.15) is 20.8 Å². The Hall–Kier alpha value is -0.0900. The summed E-state index contributed by atoms with van der Waals surface area (Å²) in [6.07, 6.45) is 0. The van der Waals surface area contributed by atoms with Gasteiger partial charge in [-0.1, -0.05) is 20.8 Å². The highest BCUT2D eigenvalue weighted by Gasteiger charge is 2.36. The van der Waals surface area contributed by atoms with Gasteiger partial charge in [-0.15, -0.1) is 0 Å². The van der Waals surface area contributed by atoms with E-state index in [0.717, 1.165) is 0 Å². The molecule has 1 aliphatic rings. The topological polar surface area (TPSA) is 43.4 Å². The Morgan fingerprint density at radius 1 is 1.36 bits per heavy atom. The molecule has 0 aromatic carbocycles. The van der Waals surface area contributed by atoms with Gasteiger partial charge in [-0.3, -0.25) is 4.18 Å². The van der Waals surface area contributed by atoms with Crippen molar-refractivity contribution in [2.45, 2.75) is 20.8 Å². The van der Waals surface area contributed by atoms with Gasteiger partial charge in [-0.05, 0) is 5.41 Å². The summed E-state index contributed by atoms with van der Waals surface area (Å²) < 4.78 is 26.4. The zero-order valence-corrected chi connectivity index (χ0v) is 7.94. The van der Waals surface area contributed by atoms with E-state index in [1.807, 2.05) is 20.8 Å². The molecule has 0 spiro atoms. The number of rotatable bonds is 0. The molecular weight excluding hydrogens is 164 g/mol. The molecule has 1 fully saturated rings. The summed E-state index contributed by atoms with van der Waals surface area (Å²) in [4.78, 5) is 0. The molecule has 3 nitrogen and oxygen atoms in total. The Balaban J connectivity index is 2.70. The quantitative estimate of drug-likeness (QED) is 0.520. The molecule has 0 radical (unpaired) electrons. The molecule has 66 valence electrons. The van der Waals surface area contributed by atoms with Crippen LogP contribution in [0.4, 0.5) is 0 Å². The fourth-order valence-electron chi connectivity index (χ4n) is 1.03. The highest BCUT2D eigenvalue weighted by molar-refractivity contribution is 7.86. The smallest absolute Gasteiger partial charge is 0.267 e. The first-order valence-electron chi connectivity index (χ1n) is 3.68. The molecule has 0 aromatic rings. The van der Waals surface area contributed by atoms with Gasteiger partial charge in [0.05, 0.1) is 12.4 Å². The fraction of sp³-hybridized carbons (Fsp3) is 1.00. The van der Waals surface area contributed by atoms with Crippen LogP contribution in [0.25, 0.3) is 0 Å². The Kier molecular flexibility index (Phi) is 2.01. The van der Waals surface area contributed by atoms with Crippen molar-refractivity contribution in [3.8, 4) is 0 Å². The van der Waals surface area contributed by atoms with Gasteiger partial charge in [0.2, 0.25) is 0 Å². The molecule has 1 rings (SSSR count). The first kappa shape index (κ1) is 9.00. The minimum absolute atomic E-state index is 0.0313. The van der Waals surface area contributed by atoms with Crippen LogP contribution in [0, 0.1) is 11.3 Å². The van der Waals surface area contributed by atoms with Gasteiger partial charge in [0.1, 0.15) is 0 Å². The maximum Gasteiger partial charge on any atom is 0.267 e. The molecule has 0 unspecified atom stereocenters. The van der Waals surface area contributed by atoms with Crippen LogP contribution < -0.4 is 0 Å². The number of hydrogen-bond acceptors (Lipinski definition) is 3. The van der Waals surface area contributed by atoms with Gasteiger partial charge < -0.3 is 0 Å². The standard InChI is InChI=1S/C7H14O3S/c1-7(2,3)6-4-10-11(8,9)5-6/h6H,4-5H2,1-3H3/t6-/m1/s1. The van der Waals surface area contributed by atoms with E-state index in [0.29, 0.717) is 6.61 Å².